The van der Waals surface area contributed by atoms with Crippen LogP contribution in [0.5, 0.6) is 0 Å². The van der Waals surface area contributed by atoms with E-state index in [-0.39, 0.29) is 16.3 Å². The summed E-state index contributed by atoms with van der Waals surface area (Å²) >= 11 is 6.61. The van der Waals surface area contributed by atoms with E-state index >= 15 is 0 Å². The molecule has 5 rings (SSSR count). The third kappa shape index (κ3) is 6.70. The second-order valence-corrected chi connectivity index (χ2v) is 13.6. The maximum absolute atomic E-state index is 12.9. The van der Waals surface area contributed by atoms with Crippen LogP contribution in [-0.4, -0.2) is 90.2 Å². The third-order valence-corrected chi connectivity index (χ3v) is 9.02. The first-order chi connectivity index (χ1) is 19.9. The fourth-order valence-electron chi connectivity index (χ4n) is 4.63. The summed E-state index contributed by atoms with van der Waals surface area (Å²) in [5, 5.41) is 25.6. The number of anilines is 1. The van der Waals surface area contributed by atoms with Gasteiger partial charge in [0.25, 0.3) is 10.0 Å². The highest BCUT2D eigenvalue weighted by molar-refractivity contribution is 7.89. The molecule has 1 aliphatic rings. The molecular weight excluding hydrogens is 572 g/mol. The Morgan fingerprint density at radius 2 is 1.95 bits per heavy atom. The summed E-state index contributed by atoms with van der Waals surface area (Å²) in [5.74, 6) is 0.358. The summed E-state index contributed by atoms with van der Waals surface area (Å²) in [4.78, 5) is 8.96. The standard InChI is InChI=1S/C25H30B3ClN10O2S/c1-37-7-6-22(36-37)42(40,41)38-8-4-19(5-9-38)34-24-31-13-17(11-30)23(35-24)18-14-33-39(15-18)21-3-2-16(10-20(21)29)12-32-25(26,27)28/h2-3,6-7,10,13-15,19,32H,4-5,8-9,12,26-28H2,1H3,(H,31,34,35). The number of halogens is 1. The number of hydrogen-bond acceptors (Lipinski definition) is 9. The van der Waals surface area contributed by atoms with Crippen molar-refractivity contribution in [1.82, 2.24) is 39.2 Å². The van der Waals surface area contributed by atoms with Gasteiger partial charge < -0.3 is 10.6 Å². The van der Waals surface area contributed by atoms with Gasteiger partial charge in [0.1, 0.15) is 29.6 Å². The van der Waals surface area contributed by atoms with E-state index in [2.05, 4.69) is 60.4 Å². The number of nitrogens with zero attached hydrogens (tertiary/aromatic N) is 8. The van der Waals surface area contributed by atoms with Crippen molar-refractivity contribution in [1.29, 1.82) is 5.26 Å². The van der Waals surface area contributed by atoms with Gasteiger partial charge in [-0.25, -0.2) is 23.1 Å². The molecule has 0 aliphatic carbocycles. The first-order valence-corrected chi connectivity index (χ1v) is 15.4. The van der Waals surface area contributed by atoms with Crippen LogP contribution in [0.3, 0.4) is 0 Å². The van der Waals surface area contributed by atoms with E-state index in [0.29, 0.717) is 66.0 Å². The zero-order valence-electron chi connectivity index (χ0n) is 23.9. The first-order valence-electron chi connectivity index (χ1n) is 13.6. The van der Waals surface area contributed by atoms with Crippen LogP contribution in [0.1, 0.15) is 24.0 Å². The number of benzene rings is 1. The molecule has 0 spiro atoms. The van der Waals surface area contributed by atoms with E-state index in [1.54, 1.807) is 30.3 Å². The number of sulfonamides is 1. The van der Waals surface area contributed by atoms with Crippen LogP contribution >= 0.6 is 11.6 Å². The number of aryl methyl sites for hydroxylation is 1. The Labute approximate surface area is 252 Å². The minimum Gasteiger partial charge on any atom is -0.351 e. The van der Waals surface area contributed by atoms with Gasteiger partial charge in [-0.05, 0) is 36.6 Å². The lowest BCUT2D eigenvalue weighted by Crippen LogP contribution is -2.46. The largest absolute Gasteiger partial charge is 0.351 e. The van der Waals surface area contributed by atoms with E-state index in [4.69, 9.17) is 11.6 Å². The Bertz CT molecular complexity index is 1740. The van der Waals surface area contributed by atoms with Crippen molar-refractivity contribution in [3.8, 4) is 23.0 Å². The monoisotopic (exact) mass is 602 g/mol. The molecule has 4 aromatic rings. The van der Waals surface area contributed by atoms with Crippen LogP contribution in [0, 0.1) is 11.3 Å². The third-order valence-electron chi connectivity index (χ3n) is 6.93. The quantitative estimate of drug-likeness (QED) is 0.241. The number of aromatic nitrogens is 6. The highest BCUT2D eigenvalue weighted by Crippen LogP contribution is 2.27. The summed E-state index contributed by atoms with van der Waals surface area (Å²) in [5.41, 5.74) is 3.16. The second kappa shape index (κ2) is 11.9. The smallest absolute Gasteiger partial charge is 0.262 e. The molecule has 4 heterocycles. The van der Waals surface area contributed by atoms with Crippen LogP contribution in [-0.2, 0) is 23.6 Å². The molecule has 1 saturated heterocycles. The van der Waals surface area contributed by atoms with Crippen LogP contribution < -0.4 is 10.6 Å². The van der Waals surface area contributed by atoms with Crippen molar-refractivity contribution < 1.29 is 8.42 Å². The Kier molecular flexibility index (Phi) is 8.47. The average Bonchev–Trinajstić information content (AvgIpc) is 3.62. The summed E-state index contributed by atoms with van der Waals surface area (Å²) in [7, 11) is 4.37. The van der Waals surface area contributed by atoms with Crippen molar-refractivity contribution in [2.45, 2.75) is 35.7 Å². The number of rotatable bonds is 9. The molecule has 0 bridgehead atoms. The number of hydrogen-bond donors (Lipinski definition) is 2. The molecule has 0 unspecified atom stereocenters. The maximum atomic E-state index is 12.9. The van der Waals surface area contributed by atoms with Gasteiger partial charge in [0, 0.05) is 50.7 Å². The van der Waals surface area contributed by atoms with E-state index < -0.39 is 10.0 Å². The van der Waals surface area contributed by atoms with Gasteiger partial charge in [-0.3, -0.25) is 4.68 Å². The Morgan fingerprint density at radius 3 is 2.60 bits per heavy atom. The predicted octanol–water partition coefficient (Wildman–Crippen LogP) is -0.547. The van der Waals surface area contributed by atoms with Gasteiger partial charge >= 0.3 is 0 Å². The van der Waals surface area contributed by atoms with Crippen LogP contribution in [0.15, 0.2) is 54.1 Å². The minimum absolute atomic E-state index is 0.0101. The van der Waals surface area contributed by atoms with Gasteiger partial charge in [0.05, 0.1) is 34.4 Å². The average molecular weight is 603 g/mol. The predicted molar refractivity (Wildman–Crippen MR) is 168 cm³/mol. The van der Waals surface area contributed by atoms with Crippen molar-refractivity contribution >= 4 is 51.1 Å². The Morgan fingerprint density at radius 1 is 1.19 bits per heavy atom. The molecular formula is C25H30B3ClN10O2S. The van der Waals surface area contributed by atoms with E-state index in [0.717, 1.165) is 5.56 Å². The molecule has 1 aromatic carbocycles. The molecule has 0 atom stereocenters. The van der Waals surface area contributed by atoms with Gasteiger partial charge in [0.2, 0.25) is 5.95 Å². The lowest BCUT2D eigenvalue weighted by atomic mass is 9.49. The van der Waals surface area contributed by atoms with Crippen molar-refractivity contribution in [2.75, 3.05) is 18.4 Å². The van der Waals surface area contributed by atoms with Crippen molar-refractivity contribution in [3.05, 3.63) is 65.2 Å². The molecule has 2 N–H and O–H groups in total. The fraction of sp³-hybridized carbons (Fsp3) is 0.320. The van der Waals surface area contributed by atoms with Crippen molar-refractivity contribution in [3.63, 3.8) is 0 Å². The van der Waals surface area contributed by atoms with Gasteiger partial charge in [-0.15, -0.1) is 0 Å². The molecule has 17 heteroatoms. The molecule has 1 fully saturated rings. The molecule has 3 aromatic heterocycles. The molecule has 0 saturated carbocycles. The molecule has 12 nitrogen and oxygen atoms in total. The van der Waals surface area contributed by atoms with Crippen LogP contribution in [0.25, 0.3) is 16.9 Å². The molecule has 0 amide bonds. The summed E-state index contributed by atoms with van der Waals surface area (Å²) in [6.45, 7) is 1.38. The number of piperidine rings is 1. The normalized spacial score (nSPS) is 15.0. The van der Waals surface area contributed by atoms with E-state index in [9.17, 15) is 13.7 Å². The highest BCUT2D eigenvalue weighted by Gasteiger charge is 2.31. The van der Waals surface area contributed by atoms with Crippen molar-refractivity contribution in [2.24, 2.45) is 7.05 Å². The van der Waals surface area contributed by atoms with Crippen LogP contribution in [0.4, 0.5) is 5.95 Å². The van der Waals surface area contributed by atoms with E-state index in [1.807, 2.05) is 18.2 Å². The lowest BCUT2D eigenvalue weighted by molar-refractivity contribution is 0.328. The van der Waals surface area contributed by atoms with Crippen LogP contribution in [0.2, 0.25) is 5.02 Å². The van der Waals surface area contributed by atoms with Gasteiger partial charge in [-0.1, -0.05) is 22.9 Å². The number of nitriles is 1. The minimum atomic E-state index is -3.64. The molecule has 42 heavy (non-hydrogen) atoms. The molecule has 0 radical (unpaired) electrons. The Balaban J connectivity index is 1.28. The molecule has 1 aliphatic heterocycles. The van der Waals surface area contributed by atoms with Gasteiger partial charge in [-0.2, -0.15) is 19.8 Å². The topological polar surface area (TPSA) is 147 Å². The maximum Gasteiger partial charge on any atom is 0.262 e. The summed E-state index contributed by atoms with van der Waals surface area (Å²) in [6, 6.07) is 9.45. The lowest BCUT2D eigenvalue weighted by Gasteiger charge is -2.31. The zero-order valence-corrected chi connectivity index (χ0v) is 25.5. The first kappa shape index (κ1) is 29.8. The fourth-order valence-corrected chi connectivity index (χ4v) is 6.34. The highest BCUT2D eigenvalue weighted by atomic mass is 35.5. The second-order valence-electron chi connectivity index (χ2n) is 11.3. The summed E-state index contributed by atoms with van der Waals surface area (Å²) in [6.07, 6.45) is 7.65. The van der Waals surface area contributed by atoms with E-state index in [1.165, 1.54) is 21.3 Å². The van der Waals surface area contributed by atoms with Gasteiger partial charge in [0.15, 0.2) is 5.03 Å². The zero-order chi connectivity index (χ0) is 30.1. The summed E-state index contributed by atoms with van der Waals surface area (Å²) < 4.78 is 30.4. The molecule has 214 valence electrons. The SMILES string of the molecule is BC(B)(B)NCc1ccc(-n2cc(-c3nc(NC4CCN(S(=O)(=O)c5ccn(C)n5)CC4)ncc3C#N)cn2)c(Cl)c1. The Hall–Kier alpha value is -3.64. The number of nitrogens with one attached hydrogen (secondary N) is 2.